The second-order valence-corrected chi connectivity index (χ2v) is 8.48. The summed E-state index contributed by atoms with van der Waals surface area (Å²) in [6, 6.07) is 13.0. The van der Waals surface area contributed by atoms with Crippen LogP contribution in [0.5, 0.6) is 5.75 Å². The van der Waals surface area contributed by atoms with Crippen LogP contribution in [0.4, 0.5) is 0 Å². The van der Waals surface area contributed by atoms with Crippen LogP contribution in [0.2, 0.25) is 5.02 Å². The third-order valence-electron chi connectivity index (χ3n) is 6.05. The molecule has 1 saturated heterocycles. The number of hydrogen-bond donors (Lipinski definition) is 0. The summed E-state index contributed by atoms with van der Waals surface area (Å²) in [6.07, 6.45) is 3.53. The standard InChI is InChI=1S/C24H20ClN5O3/c1-32-19-9-8-14(11-16(19)25)30-22-20(21-23(30)28-18-7-3-2-6-17(18)27-21)24(31)29(13-26-22)12-15-5-4-10-33-15/h2-3,6-9,11,13,15H,4-5,10,12H2,1H3. The van der Waals surface area contributed by atoms with Crippen LogP contribution in [0.25, 0.3) is 38.9 Å². The first-order valence-electron chi connectivity index (χ1n) is 10.8. The topological polar surface area (TPSA) is 84.1 Å². The molecule has 1 atom stereocenters. The quantitative estimate of drug-likeness (QED) is 0.400. The number of methoxy groups -OCH3 is 1. The van der Waals surface area contributed by atoms with Crippen molar-refractivity contribution in [3.05, 3.63) is 64.2 Å². The number of fused-ring (bicyclic) bond motifs is 4. The number of benzene rings is 2. The molecule has 0 amide bonds. The lowest BCUT2D eigenvalue weighted by Gasteiger charge is -2.12. The summed E-state index contributed by atoms with van der Waals surface area (Å²) in [7, 11) is 1.57. The van der Waals surface area contributed by atoms with Crippen molar-refractivity contribution < 1.29 is 9.47 Å². The van der Waals surface area contributed by atoms with Crippen LogP contribution in [0.15, 0.2) is 53.6 Å². The van der Waals surface area contributed by atoms with Gasteiger partial charge in [-0.2, -0.15) is 0 Å². The number of rotatable bonds is 4. The van der Waals surface area contributed by atoms with E-state index >= 15 is 0 Å². The van der Waals surface area contributed by atoms with Gasteiger partial charge in [0.15, 0.2) is 11.3 Å². The minimum atomic E-state index is -0.163. The molecule has 1 fully saturated rings. The van der Waals surface area contributed by atoms with Gasteiger partial charge in [0, 0.05) is 6.61 Å². The number of para-hydroxylation sites is 2. The third-order valence-corrected chi connectivity index (χ3v) is 6.34. The maximum absolute atomic E-state index is 13.6. The van der Waals surface area contributed by atoms with Gasteiger partial charge in [-0.05, 0) is 43.2 Å². The Morgan fingerprint density at radius 2 is 1.97 bits per heavy atom. The smallest absolute Gasteiger partial charge is 0.265 e. The number of nitrogens with zero attached hydrogens (tertiary/aromatic N) is 5. The van der Waals surface area contributed by atoms with E-state index in [1.54, 1.807) is 30.1 Å². The van der Waals surface area contributed by atoms with E-state index in [9.17, 15) is 4.79 Å². The van der Waals surface area contributed by atoms with Gasteiger partial charge in [-0.3, -0.25) is 13.9 Å². The lowest BCUT2D eigenvalue weighted by Crippen LogP contribution is -2.26. The monoisotopic (exact) mass is 461 g/mol. The van der Waals surface area contributed by atoms with Crippen molar-refractivity contribution >= 4 is 44.8 Å². The summed E-state index contributed by atoms with van der Waals surface area (Å²) < 4.78 is 14.5. The predicted molar refractivity (Wildman–Crippen MR) is 126 cm³/mol. The van der Waals surface area contributed by atoms with Crippen LogP contribution in [-0.2, 0) is 11.3 Å². The Kier molecular flexibility index (Phi) is 4.78. The fraction of sp³-hybridized carbons (Fsp3) is 0.250. The molecule has 9 heteroatoms. The summed E-state index contributed by atoms with van der Waals surface area (Å²) >= 11 is 6.42. The summed E-state index contributed by atoms with van der Waals surface area (Å²) in [6.45, 7) is 1.19. The molecule has 1 aliphatic rings. The zero-order valence-corrected chi connectivity index (χ0v) is 18.6. The maximum Gasteiger partial charge on any atom is 0.265 e. The Morgan fingerprint density at radius 1 is 1.15 bits per heavy atom. The molecule has 1 unspecified atom stereocenters. The van der Waals surface area contributed by atoms with Gasteiger partial charge in [-0.1, -0.05) is 23.7 Å². The van der Waals surface area contributed by atoms with Crippen LogP contribution >= 0.6 is 11.6 Å². The fourth-order valence-corrected chi connectivity index (χ4v) is 4.70. The van der Waals surface area contributed by atoms with Gasteiger partial charge in [0.05, 0.1) is 41.5 Å². The van der Waals surface area contributed by atoms with Gasteiger partial charge in [0.25, 0.3) is 5.56 Å². The Balaban J connectivity index is 1.67. The van der Waals surface area contributed by atoms with Crippen molar-refractivity contribution in [3.63, 3.8) is 0 Å². The van der Waals surface area contributed by atoms with Crippen molar-refractivity contribution in [3.8, 4) is 11.4 Å². The van der Waals surface area contributed by atoms with E-state index in [1.165, 1.54) is 0 Å². The largest absolute Gasteiger partial charge is 0.495 e. The molecule has 2 aromatic carbocycles. The highest BCUT2D eigenvalue weighted by Crippen LogP contribution is 2.32. The first-order chi connectivity index (χ1) is 16.1. The molecular weight excluding hydrogens is 442 g/mol. The average Bonchev–Trinajstić information content (AvgIpc) is 3.45. The minimum Gasteiger partial charge on any atom is -0.495 e. The van der Waals surface area contributed by atoms with Gasteiger partial charge >= 0.3 is 0 Å². The van der Waals surface area contributed by atoms with Gasteiger partial charge in [0.2, 0.25) is 0 Å². The first-order valence-corrected chi connectivity index (χ1v) is 11.1. The molecule has 0 saturated carbocycles. The molecule has 0 radical (unpaired) electrons. The van der Waals surface area contributed by atoms with Gasteiger partial charge in [-0.25, -0.2) is 15.0 Å². The third kappa shape index (κ3) is 3.25. The number of aromatic nitrogens is 5. The Hall–Kier alpha value is -3.49. The number of hydrogen-bond acceptors (Lipinski definition) is 6. The predicted octanol–water partition coefficient (Wildman–Crippen LogP) is 4.12. The fourth-order valence-electron chi connectivity index (χ4n) is 4.45. The normalized spacial score (nSPS) is 16.2. The van der Waals surface area contributed by atoms with Crippen molar-refractivity contribution in [2.75, 3.05) is 13.7 Å². The Morgan fingerprint density at radius 3 is 2.70 bits per heavy atom. The van der Waals surface area contributed by atoms with Crippen molar-refractivity contribution in [1.82, 2.24) is 24.1 Å². The molecule has 3 aromatic heterocycles. The Bertz CT molecular complexity index is 1590. The van der Waals surface area contributed by atoms with Gasteiger partial charge in [-0.15, -0.1) is 0 Å². The highest BCUT2D eigenvalue weighted by molar-refractivity contribution is 6.32. The number of ether oxygens (including phenoxy) is 2. The SMILES string of the molecule is COc1ccc(-n2c3nc4ccccc4nc3c3c(=O)n(CC4CCCO4)cnc32)cc1Cl. The van der Waals surface area contributed by atoms with Crippen molar-refractivity contribution in [2.24, 2.45) is 0 Å². The molecule has 0 N–H and O–H groups in total. The number of halogens is 1. The highest BCUT2D eigenvalue weighted by Gasteiger charge is 2.23. The van der Waals surface area contributed by atoms with Crippen LogP contribution in [0.1, 0.15) is 12.8 Å². The molecule has 0 bridgehead atoms. The zero-order valence-electron chi connectivity index (χ0n) is 17.9. The summed E-state index contributed by atoms with van der Waals surface area (Å²) in [5.41, 5.74) is 3.53. The van der Waals surface area contributed by atoms with E-state index in [4.69, 9.17) is 31.0 Å². The zero-order chi connectivity index (χ0) is 22.5. The molecule has 5 aromatic rings. The molecule has 1 aliphatic heterocycles. The molecule has 166 valence electrons. The first kappa shape index (κ1) is 20.1. The lowest BCUT2D eigenvalue weighted by molar-refractivity contribution is 0.0960. The van der Waals surface area contributed by atoms with E-state index < -0.39 is 0 Å². The molecule has 0 spiro atoms. The molecule has 6 rings (SSSR count). The second-order valence-electron chi connectivity index (χ2n) is 8.07. The van der Waals surface area contributed by atoms with Gasteiger partial charge in [0.1, 0.15) is 23.0 Å². The van der Waals surface area contributed by atoms with Crippen LogP contribution in [-0.4, -0.2) is 43.9 Å². The van der Waals surface area contributed by atoms with E-state index in [0.717, 1.165) is 25.0 Å². The Labute approximate surface area is 193 Å². The molecular formula is C24H20ClN5O3. The summed E-state index contributed by atoms with van der Waals surface area (Å²) in [4.78, 5) is 28.0. The minimum absolute atomic E-state index is 0.0163. The maximum atomic E-state index is 13.6. The van der Waals surface area contributed by atoms with Gasteiger partial charge < -0.3 is 9.47 Å². The summed E-state index contributed by atoms with van der Waals surface area (Å²) in [5, 5.41) is 0.876. The van der Waals surface area contributed by atoms with E-state index in [2.05, 4.69) is 4.98 Å². The van der Waals surface area contributed by atoms with Crippen molar-refractivity contribution in [1.29, 1.82) is 0 Å². The van der Waals surface area contributed by atoms with E-state index in [0.29, 0.717) is 50.7 Å². The van der Waals surface area contributed by atoms with Crippen molar-refractivity contribution in [2.45, 2.75) is 25.5 Å². The van der Waals surface area contributed by atoms with Crippen LogP contribution in [0.3, 0.4) is 0 Å². The molecule has 8 nitrogen and oxygen atoms in total. The highest BCUT2D eigenvalue weighted by atomic mass is 35.5. The average molecular weight is 462 g/mol. The molecule has 4 heterocycles. The van der Waals surface area contributed by atoms with Crippen LogP contribution in [0, 0.1) is 0 Å². The second kappa shape index (κ2) is 7.83. The van der Waals surface area contributed by atoms with Crippen LogP contribution < -0.4 is 10.3 Å². The van der Waals surface area contributed by atoms with E-state index in [1.807, 2.05) is 34.9 Å². The molecule has 0 aliphatic carbocycles. The molecule has 33 heavy (non-hydrogen) atoms. The van der Waals surface area contributed by atoms with E-state index in [-0.39, 0.29) is 11.7 Å². The summed E-state index contributed by atoms with van der Waals surface area (Å²) in [5.74, 6) is 0.560. The lowest BCUT2D eigenvalue weighted by atomic mass is 10.2.